The van der Waals surface area contributed by atoms with Gasteiger partial charge in [0.05, 0.1) is 6.61 Å². The van der Waals surface area contributed by atoms with Crippen LogP contribution >= 0.6 is 0 Å². The first-order valence-corrected chi connectivity index (χ1v) is 6.56. The predicted molar refractivity (Wildman–Crippen MR) is 76.3 cm³/mol. The highest BCUT2D eigenvalue weighted by Gasteiger charge is 2.29. The Morgan fingerprint density at radius 2 is 2.00 bits per heavy atom. The van der Waals surface area contributed by atoms with E-state index in [4.69, 9.17) is 10.5 Å². The molecule has 0 spiro atoms. The molecule has 1 aliphatic rings. The maximum absolute atomic E-state index is 11.8. The lowest BCUT2D eigenvalue weighted by Crippen LogP contribution is -2.39. The second-order valence-corrected chi connectivity index (χ2v) is 4.90. The molecule has 4 N–H and O–H groups in total. The molecule has 1 atom stereocenters. The summed E-state index contributed by atoms with van der Waals surface area (Å²) >= 11 is 0. The van der Waals surface area contributed by atoms with E-state index in [9.17, 15) is 9.59 Å². The minimum Gasteiger partial charge on any atom is -0.383 e. The van der Waals surface area contributed by atoms with Crippen LogP contribution in [-0.2, 0) is 14.3 Å². The van der Waals surface area contributed by atoms with Crippen molar-refractivity contribution in [2.45, 2.75) is 18.9 Å². The third kappa shape index (κ3) is 4.04. The van der Waals surface area contributed by atoms with Gasteiger partial charge in [0.1, 0.15) is 6.04 Å². The van der Waals surface area contributed by atoms with Crippen molar-refractivity contribution in [2.24, 2.45) is 11.7 Å². The average Bonchev–Trinajstić information content (AvgIpc) is 3.23. The normalized spacial score (nSPS) is 15.5. The fourth-order valence-corrected chi connectivity index (χ4v) is 1.75. The third-order valence-corrected chi connectivity index (χ3v) is 3.03. The van der Waals surface area contributed by atoms with E-state index in [1.54, 1.807) is 24.3 Å². The zero-order valence-corrected chi connectivity index (χ0v) is 11.4. The van der Waals surface area contributed by atoms with Crippen molar-refractivity contribution in [1.82, 2.24) is 0 Å². The Morgan fingerprint density at radius 1 is 1.35 bits per heavy atom. The summed E-state index contributed by atoms with van der Waals surface area (Å²) in [6.45, 7) is 0.157. The SMILES string of the molecule is COCC(N)C(=O)Nc1cccc(NC(=O)C2CC2)c1. The summed E-state index contributed by atoms with van der Waals surface area (Å²) in [6, 6.07) is 6.28. The summed E-state index contributed by atoms with van der Waals surface area (Å²) < 4.78 is 4.83. The Bertz CT molecular complexity index is 500. The van der Waals surface area contributed by atoms with E-state index in [1.165, 1.54) is 7.11 Å². The summed E-state index contributed by atoms with van der Waals surface area (Å²) in [5.41, 5.74) is 6.89. The number of methoxy groups -OCH3 is 1. The topological polar surface area (TPSA) is 93.4 Å². The number of anilines is 2. The second-order valence-electron chi connectivity index (χ2n) is 4.90. The Labute approximate surface area is 117 Å². The minimum absolute atomic E-state index is 0.0320. The van der Waals surface area contributed by atoms with E-state index in [0.29, 0.717) is 11.4 Å². The quantitative estimate of drug-likeness (QED) is 0.721. The van der Waals surface area contributed by atoms with Gasteiger partial charge in [0.2, 0.25) is 11.8 Å². The van der Waals surface area contributed by atoms with Crippen LogP contribution in [0.4, 0.5) is 11.4 Å². The number of benzene rings is 1. The van der Waals surface area contributed by atoms with E-state index in [0.717, 1.165) is 12.8 Å². The molecule has 0 heterocycles. The van der Waals surface area contributed by atoms with Gasteiger partial charge in [-0.15, -0.1) is 0 Å². The highest BCUT2D eigenvalue weighted by atomic mass is 16.5. The molecule has 6 nitrogen and oxygen atoms in total. The van der Waals surface area contributed by atoms with Gasteiger partial charge < -0.3 is 21.1 Å². The first-order valence-electron chi connectivity index (χ1n) is 6.56. The molecule has 20 heavy (non-hydrogen) atoms. The number of carbonyl (C=O) groups is 2. The van der Waals surface area contributed by atoms with Crippen molar-refractivity contribution in [3.8, 4) is 0 Å². The second kappa shape index (κ2) is 6.49. The van der Waals surface area contributed by atoms with Gasteiger partial charge in [0, 0.05) is 24.4 Å². The van der Waals surface area contributed by atoms with E-state index < -0.39 is 6.04 Å². The molecule has 0 radical (unpaired) electrons. The molecular weight excluding hydrogens is 258 g/mol. The first kappa shape index (κ1) is 14.5. The molecule has 108 valence electrons. The summed E-state index contributed by atoms with van der Waals surface area (Å²) in [5.74, 6) is -0.148. The lowest BCUT2D eigenvalue weighted by atomic mass is 10.2. The Balaban J connectivity index is 1.94. The number of nitrogens with two attached hydrogens (primary N) is 1. The maximum atomic E-state index is 11.8. The summed E-state index contributed by atoms with van der Waals surface area (Å²) in [5, 5.41) is 5.52. The molecular formula is C14H19N3O3. The van der Waals surface area contributed by atoms with E-state index in [2.05, 4.69) is 10.6 Å². The lowest BCUT2D eigenvalue weighted by molar-refractivity contribution is -0.118. The number of rotatable bonds is 6. The van der Waals surface area contributed by atoms with Crippen LogP contribution in [0.25, 0.3) is 0 Å². The highest BCUT2D eigenvalue weighted by molar-refractivity contribution is 5.97. The van der Waals surface area contributed by atoms with Gasteiger partial charge in [0.15, 0.2) is 0 Å². The monoisotopic (exact) mass is 277 g/mol. The zero-order valence-electron chi connectivity index (χ0n) is 11.4. The summed E-state index contributed by atoms with van der Waals surface area (Å²) in [6.07, 6.45) is 1.91. The largest absolute Gasteiger partial charge is 0.383 e. The molecule has 1 aliphatic carbocycles. The lowest BCUT2D eigenvalue weighted by Gasteiger charge is -2.12. The van der Waals surface area contributed by atoms with Crippen LogP contribution in [-0.4, -0.2) is 31.6 Å². The van der Waals surface area contributed by atoms with E-state index in [-0.39, 0.29) is 24.3 Å². The molecule has 0 aromatic heterocycles. The van der Waals surface area contributed by atoms with Gasteiger partial charge in [-0.1, -0.05) is 6.07 Å². The molecule has 1 aromatic rings. The van der Waals surface area contributed by atoms with Gasteiger partial charge in [-0.2, -0.15) is 0 Å². The van der Waals surface area contributed by atoms with Crippen LogP contribution in [0, 0.1) is 5.92 Å². The zero-order chi connectivity index (χ0) is 14.5. The molecule has 0 aliphatic heterocycles. The number of amides is 2. The first-order chi connectivity index (χ1) is 9.60. The Kier molecular flexibility index (Phi) is 4.70. The minimum atomic E-state index is -0.718. The van der Waals surface area contributed by atoms with Crippen LogP contribution in [0.2, 0.25) is 0 Å². The van der Waals surface area contributed by atoms with Gasteiger partial charge in [-0.3, -0.25) is 9.59 Å². The van der Waals surface area contributed by atoms with Crippen LogP contribution in [0.3, 0.4) is 0 Å². The standard InChI is InChI=1S/C14H19N3O3/c1-20-8-12(15)14(19)17-11-4-2-3-10(7-11)16-13(18)9-5-6-9/h2-4,7,9,12H,5-6,8,15H2,1H3,(H,16,18)(H,17,19). The molecule has 1 unspecified atom stereocenters. The Morgan fingerprint density at radius 3 is 2.60 bits per heavy atom. The third-order valence-electron chi connectivity index (χ3n) is 3.03. The fraction of sp³-hybridized carbons (Fsp3) is 0.429. The van der Waals surface area contributed by atoms with Crippen molar-refractivity contribution < 1.29 is 14.3 Å². The Hall–Kier alpha value is -1.92. The van der Waals surface area contributed by atoms with Crippen LogP contribution in [0.5, 0.6) is 0 Å². The number of hydrogen-bond donors (Lipinski definition) is 3. The van der Waals surface area contributed by atoms with Gasteiger partial charge in [-0.05, 0) is 31.0 Å². The fourth-order valence-electron chi connectivity index (χ4n) is 1.75. The van der Waals surface area contributed by atoms with Crippen molar-refractivity contribution in [3.63, 3.8) is 0 Å². The van der Waals surface area contributed by atoms with Gasteiger partial charge >= 0.3 is 0 Å². The van der Waals surface area contributed by atoms with Crippen molar-refractivity contribution in [1.29, 1.82) is 0 Å². The summed E-state index contributed by atoms with van der Waals surface area (Å²) in [4.78, 5) is 23.4. The highest BCUT2D eigenvalue weighted by Crippen LogP contribution is 2.30. The number of hydrogen-bond acceptors (Lipinski definition) is 4. The maximum Gasteiger partial charge on any atom is 0.243 e. The number of nitrogens with one attached hydrogen (secondary N) is 2. The molecule has 1 saturated carbocycles. The van der Waals surface area contributed by atoms with E-state index >= 15 is 0 Å². The van der Waals surface area contributed by atoms with Crippen molar-refractivity contribution in [3.05, 3.63) is 24.3 Å². The molecule has 0 bridgehead atoms. The average molecular weight is 277 g/mol. The van der Waals surface area contributed by atoms with Gasteiger partial charge in [0.25, 0.3) is 0 Å². The molecule has 1 fully saturated rings. The molecule has 6 heteroatoms. The molecule has 1 aromatic carbocycles. The number of carbonyl (C=O) groups excluding carboxylic acids is 2. The number of ether oxygens (including phenoxy) is 1. The smallest absolute Gasteiger partial charge is 0.243 e. The summed E-state index contributed by atoms with van der Waals surface area (Å²) in [7, 11) is 1.49. The molecule has 2 rings (SSSR count). The predicted octanol–water partition coefficient (Wildman–Crippen LogP) is 0.947. The van der Waals surface area contributed by atoms with Crippen molar-refractivity contribution >= 4 is 23.2 Å². The van der Waals surface area contributed by atoms with Crippen LogP contribution < -0.4 is 16.4 Å². The van der Waals surface area contributed by atoms with Gasteiger partial charge in [-0.25, -0.2) is 0 Å². The van der Waals surface area contributed by atoms with Crippen molar-refractivity contribution in [2.75, 3.05) is 24.4 Å². The van der Waals surface area contributed by atoms with Crippen LogP contribution in [0.1, 0.15) is 12.8 Å². The molecule has 2 amide bonds. The van der Waals surface area contributed by atoms with E-state index in [1.807, 2.05) is 0 Å². The van der Waals surface area contributed by atoms with Crippen LogP contribution in [0.15, 0.2) is 24.3 Å². The molecule has 0 saturated heterocycles.